The molecule has 1 rings (SSSR count). The number of amides is 1. The maximum absolute atomic E-state index is 13.2. The zero-order valence-electron chi connectivity index (χ0n) is 7.28. The van der Waals surface area contributed by atoms with Gasteiger partial charge in [-0.15, -0.1) is 16.8 Å². The van der Waals surface area contributed by atoms with Gasteiger partial charge in [-0.1, -0.05) is 6.07 Å². The van der Waals surface area contributed by atoms with Crippen molar-refractivity contribution in [1.29, 1.82) is 0 Å². The van der Waals surface area contributed by atoms with Gasteiger partial charge in [-0.25, -0.2) is 9.18 Å². The molecule has 5 heteroatoms. The lowest BCUT2D eigenvalue weighted by molar-refractivity contribution is 0.0996. The molecule has 0 unspecified atom stereocenters. The van der Waals surface area contributed by atoms with Gasteiger partial charge >= 0.3 is 0 Å². The Balaban J connectivity index is 3.30. The Bertz CT molecular complexity index is 413. The van der Waals surface area contributed by atoms with Gasteiger partial charge in [0.15, 0.2) is 0 Å². The van der Waals surface area contributed by atoms with Crippen LogP contribution in [0, 0.1) is 5.82 Å². The van der Waals surface area contributed by atoms with Crippen LogP contribution in [-0.2, 0) is 4.79 Å². The second-order valence-electron chi connectivity index (χ2n) is 2.33. The summed E-state index contributed by atoms with van der Waals surface area (Å²) in [5.74, 6) is -1.58. The second kappa shape index (κ2) is 4.69. The van der Waals surface area contributed by atoms with E-state index >= 15 is 0 Å². The summed E-state index contributed by atoms with van der Waals surface area (Å²) >= 11 is 1.21. The maximum atomic E-state index is 13.2. The van der Waals surface area contributed by atoms with Gasteiger partial charge in [0, 0.05) is 4.90 Å². The molecule has 0 aliphatic carbocycles. The van der Waals surface area contributed by atoms with Crippen LogP contribution in [0.2, 0.25) is 0 Å². The van der Waals surface area contributed by atoms with E-state index < -0.39 is 11.7 Å². The standard InChI is InChI=1S/C9H6FNO2S/c1-14-7-4-2-3-6(10)8(7)9(13)11-5-12/h2-4H,1H3. The molecular weight excluding hydrogens is 205 g/mol. The van der Waals surface area contributed by atoms with Crippen molar-refractivity contribution in [1.82, 2.24) is 0 Å². The lowest BCUT2D eigenvalue weighted by Crippen LogP contribution is -2.00. The van der Waals surface area contributed by atoms with Crippen molar-refractivity contribution in [2.75, 3.05) is 6.26 Å². The van der Waals surface area contributed by atoms with Crippen LogP contribution in [0.5, 0.6) is 0 Å². The zero-order valence-corrected chi connectivity index (χ0v) is 8.10. The van der Waals surface area contributed by atoms with Crippen molar-refractivity contribution in [3.63, 3.8) is 0 Å². The molecule has 0 fully saturated rings. The first kappa shape index (κ1) is 10.6. The van der Waals surface area contributed by atoms with Gasteiger partial charge in [0.1, 0.15) is 5.82 Å². The molecule has 0 aliphatic heterocycles. The van der Waals surface area contributed by atoms with Crippen LogP contribution in [-0.4, -0.2) is 18.2 Å². The van der Waals surface area contributed by atoms with Gasteiger partial charge in [-0.2, -0.15) is 0 Å². The largest absolute Gasteiger partial charge is 0.291 e. The van der Waals surface area contributed by atoms with Crippen LogP contribution in [0.25, 0.3) is 0 Å². The number of halogens is 1. The van der Waals surface area contributed by atoms with Gasteiger partial charge in [-0.3, -0.25) is 4.79 Å². The third kappa shape index (κ3) is 2.07. The second-order valence-corrected chi connectivity index (χ2v) is 3.17. The third-order valence-electron chi connectivity index (χ3n) is 1.56. The molecule has 0 aliphatic rings. The summed E-state index contributed by atoms with van der Waals surface area (Å²) in [7, 11) is 0. The average molecular weight is 211 g/mol. The van der Waals surface area contributed by atoms with Crippen molar-refractivity contribution in [2.45, 2.75) is 4.90 Å². The topological polar surface area (TPSA) is 46.5 Å². The predicted octanol–water partition coefficient (Wildman–Crippen LogP) is 2.02. The molecule has 72 valence electrons. The molecule has 0 bridgehead atoms. The Labute approximate surface area is 84.0 Å². The van der Waals surface area contributed by atoms with Gasteiger partial charge in [-0.05, 0) is 18.4 Å². The molecule has 14 heavy (non-hydrogen) atoms. The number of hydrogen-bond donors (Lipinski definition) is 0. The molecule has 3 nitrogen and oxygen atoms in total. The summed E-state index contributed by atoms with van der Waals surface area (Å²) in [6, 6.07) is 4.22. The highest BCUT2D eigenvalue weighted by Crippen LogP contribution is 2.23. The minimum atomic E-state index is -0.901. The van der Waals surface area contributed by atoms with Crippen LogP contribution in [0.15, 0.2) is 28.1 Å². The summed E-state index contributed by atoms with van der Waals surface area (Å²) in [6.07, 6.45) is 2.80. The van der Waals surface area contributed by atoms with E-state index in [1.54, 1.807) is 12.3 Å². The minimum Gasteiger partial charge on any atom is -0.266 e. The monoisotopic (exact) mass is 211 g/mol. The lowest BCUT2D eigenvalue weighted by atomic mass is 10.2. The highest BCUT2D eigenvalue weighted by atomic mass is 32.2. The molecular formula is C9H6FNO2S. The molecule has 0 N–H and O–H groups in total. The summed E-state index contributed by atoms with van der Waals surface area (Å²) in [4.78, 5) is 24.3. The molecule has 1 aromatic rings. The number of nitrogens with zero attached hydrogens (tertiary/aromatic N) is 1. The van der Waals surface area contributed by atoms with E-state index in [0.29, 0.717) is 4.90 Å². The number of benzene rings is 1. The summed E-state index contributed by atoms with van der Waals surface area (Å²) in [5.41, 5.74) is -0.177. The average Bonchev–Trinajstić information content (AvgIpc) is 2.17. The fraction of sp³-hybridized carbons (Fsp3) is 0.111. The van der Waals surface area contributed by atoms with Crippen LogP contribution in [0.4, 0.5) is 4.39 Å². The van der Waals surface area contributed by atoms with Gasteiger partial charge in [0.25, 0.3) is 5.91 Å². The number of aliphatic imine (C=N–C) groups is 1. The zero-order chi connectivity index (χ0) is 10.6. The number of isocyanates is 1. The van der Waals surface area contributed by atoms with E-state index in [0.717, 1.165) is 12.1 Å². The smallest absolute Gasteiger partial charge is 0.266 e. The fourth-order valence-corrected chi connectivity index (χ4v) is 1.58. The molecule has 1 aromatic carbocycles. The Morgan fingerprint density at radius 2 is 2.29 bits per heavy atom. The number of hydrogen-bond acceptors (Lipinski definition) is 3. The molecule has 0 aromatic heterocycles. The van der Waals surface area contributed by atoms with Crippen LogP contribution >= 0.6 is 11.8 Å². The first-order valence-corrected chi connectivity index (χ1v) is 4.88. The minimum absolute atomic E-state index is 0.177. The quantitative estimate of drug-likeness (QED) is 0.427. The van der Waals surface area contributed by atoms with E-state index in [1.165, 1.54) is 17.8 Å². The first-order chi connectivity index (χ1) is 6.70. The van der Waals surface area contributed by atoms with Crippen molar-refractivity contribution >= 4 is 23.7 Å². The van der Waals surface area contributed by atoms with Crippen molar-refractivity contribution in [3.8, 4) is 0 Å². The van der Waals surface area contributed by atoms with Crippen molar-refractivity contribution in [3.05, 3.63) is 29.6 Å². The highest BCUT2D eigenvalue weighted by molar-refractivity contribution is 7.98. The predicted molar refractivity (Wildman–Crippen MR) is 50.6 cm³/mol. The van der Waals surface area contributed by atoms with E-state index in [-0.39, 0.29) is 5.56 Å². The molecule has 0 heterocycles. The van der Waals surface area contributed by atoms with Crippen LogP contribution in [0.1, 0.15) is 10.4 Å². The number of thioether (sulfide) groups is 1. The third-order valence-corrected chi connectivity index (χ3v) is 2.34. The Kier molecular flexibility index (Phi) is 3.56. The van der Waals surface area contributed by atoms with Crippen LogP contribution in [0.3, 0.4) is 0 Å². The lowest BCUT2D eigenvalue weighted by Gasteiger charge is -2.02. The molecule has 0 spiro atoms. The molecule has 0 saturated carbocycles. The van der Waals surface area contributed by atoms with Crippen molar-refractivity contribution in [2.24, 2.45) is 4.99 Å². The summed E-state index contributed by atoms with van der Waals surface area (Å²) < 4.78 is 13.2. The molecule has 0 saturated heterocycles. The number of carbonyl (C=O) groups excluding carboxylic acids is 2. The van der Waals surface area contributed by atoms with Gasteiger partial charge in [0.2, 0.25) is 6.08 Å². The van der Waals surface area contributed by atoms with Gasteiger partial charge < -0.3 is 0 Å². The number of rotatable bonds is 2. The van der Waals surface area contributed by atoms with Crippen LogP contribution < -0.4 is 0 Å². The first-order valence-electron chi connectivity index (χ1n) is 3.65. The van der Waals surface area contributed by atoms with E-state index in [4.69, 9.17) is 0 Å². The number of carbonyl (C=O) groups is 1. The molecule has 1 amide bonds. The molecule has 0 atom stereocenters. The van der Waals surface area contributed by atoms with E-state index in [9.17, 15) is 14.0 Å². The summed E-state index contributed by atoms with van der Waals surface area (Å²) in [5, 5.41) is 0. The Hall–Kier alpha value is -1.45. The van der Waals surface area contributed by atoms with Gasteiger partial charge in [0.05, 0.1) is 5.56 Å². The normalized spacial score (nSPS) is 9.29. The SMILES string of the molecule is CSc1cccc(F)c1C(=O)N=C=O. The Morgan fingerprint density at radius 3 is 2.86 bits per heavy atom. The molecule has 0 radical (unpaired) electrons. The Morgan fingerprint density at radius 1 is 1.57 bits per heavy atom. The van der Waals surface area contributed by atoms with Crippen molar-refractivity contribution < 1.29 is 14.0 Å². The summed E-state index contributed by atoms with van der Waals surface area (Å²) in [6.45, 7) is 0. The maximum Gasteiger partial charge on any atom is 0.291 e. The highest BCUT2D eigenvalue weighted by Gasteiger charge is 2.15. The fourth-order valence-electron chi connectivity index (χ4n) is 0.979. The van der Waals surface area contributed by atoms with E-state index in [2.05, 4.69) is 4.99 Å². The van der Waals surface area contributed by atoms with E-state index in [1.807, 2.05) is 0 Å².